The highest BCUT2D eigenvalue weighted by Crippen LogP contribution is 2.23. The minimum absolute atomic E-state index is 0.0175. The zero-order chi connectivity index (χ0) is 17.8. The van der Waals surface area contributed by atoms with Gasteiger partial charge in [0.2, 0.25) is 5.76 Å². The smallest absolute Gasteiger partial charge is 0.374 e. The molecule has 1 heterocycles. The van der Waals surface area contributed by atoms with E-state index in [4.69, 9.17) is 9.15 Å². The topological polar surface area (TPSA) is 56.5 Å². The van der Waals surface area contributed by atoms with E-state index in [2.05, 4.69) is 0 Å². The van der Waals surface area contributed by atoms with Crippen LogP contribution in [0, 0.1) is 5.82 Å². The van der Waals surface area contributed by atoms with Crippen LogP contribution >= 0.6 is 0 Å². The van der Waals surface area contributed by atoms with Gasteiger partial charge in [-0.15, -0.1) is 0 Å². The molecular formula is C20H15FO4. The van der Waals surface area contributed by atoms with Crippen molar-refractivity contribution in [1.29, 1.82) is 0 Å². The molecule has 25 heavy (non-hydrogen) atoms. The van der Waals surface area contributed by atoms with E-state index in [-0.39, 0.29) is 24.0 Å². The molecule has 0 radical (unpaired) electrons. The number of ether oxygens (including phenoxy) is 1. The van der Waals surface area contributed by atoms with Gasteiger partial charge in [0.1, 0.15) is 18.2 Å². The molecule has 0 fully saturated rings. The number of furan rings is 1. The summed E-state index contributed by atoms with van der Waals surface area (Å²) in [6, 6.07) is 15.8. The van der Waals surface area contributed by atoms with Crippen LogP contribution in [0.15, 0.2) is 65.1 Å². The molecule has 4 nitrogen and oxygen atoms in total. The summed E-state index contributed by atoms with van der Waals surface area (Å²) in [6.07, 6.45) is 0. The van der Waals surface area contributed by atoms with Crippen molar-refractivity contribution >= 4 is 11.8 Å². The van der Waals surface area contributed by atoms with Gasteiger partial charge in [-0.3, -0.25) is 4.79 Å². The normalized spacial score (nSPS) is 10.5. The highest BCUT2D eigenvalue weighted by molar-refractivity contribution is 5.94. The Morgan fingerprint density at radius 1 is 0.960 bits per heavy atom. The summed E-state index contributed by atoms with van der Waals surface area (Å²) in [5.41, 5.74) is 2.04. The number of carbonyl (C=O) groups excluding carboxylic acids is 2. The van der Waals surface area contributed by atoms with Crippen molar-refractivity contribution in [2.24, 2.45) is 0 Å². The van der Waals surface area contributed by atoms with Crippen LogP contribution in [0.1, 0.15) is 33.4 Å². The molecule has 3 rings (SSSR count). The Hall–Kier alpha value is -3.21. The molecule has 2 aromatic carbocycles. The minimum Gasteiger partial charge on any atom is -0.455 e. The Morgan fingerprint density at radius 2 is 1.64 bits per heavy atom. The summed E-state index contributed by atoms with van der Waals surface area (Å²) in [5, 5.41) is 0. The standard InChI is InChI=1S/C20H15FO4/c1-13(22)15-4-6-16(7-5-15)18-10-11-19(25-18)20(23)24-12-14-2-8-17(21)9-3-14/h2-11H,12H2,1H3. The van der Waals surface area contributed by atoms with Crippen LogP contribution in [0.25, 0.3) is 11.3 Å². The van der Waals surface area contributed by atoms with E-state index >= 15 is 0 Å². The summed E-state index contributed by atoms with van der Waals surface area (Å²) < 4.78 is 23.5. The molecule has 0 amide bonds. The molecule has 126 valence electrons. The Kier molecular flexibility index (Phi) is 4.75. The van der Waals surface area contributed by atoms with Crippen LogP contribution in [0.5, 0.6) is 0 Å². The first-order valence-corrected chi connectivity index (χ1v) is 7.66. The van der Waals surface area contributed by atoms with Gasteiger partial charge >= 0.3 is 5.97 Å². The lowest BCUT2D eigenvalue weighted by Crippen LogP contribution is -2.03. The third-order valence-electron chi connectivity index (χ3n) is 3.67. The second kappa shape index (κ2) is 7.13. The summed E-state index contributed by atoms with van der Waals surface area (Å²) in [4.78, 5) is 23.3. The number of rotatable bonds is 5. The van der Waals surface area contributed by atoms with Gasteiger partial charge in [0, 0.05) is 11.1 Å². The zero-order valence-corrected chi connectivity index (χ0v) is 13.5. The Labute approximate surface area is 143 Å². The molecule has 0 aliphatic rings. The molecule has 0 aliphatic heterocycles. The van der Waals surface area contributed by atoms with Crippen LogP contribution in [0.3, 0.4) is 0 Å². The molecule has 0 bridgehead atoms. The average Bonchev–Trinajstić information content (AvgIpc) is 3.11. The fraction of sp³-hybridized carbons (Fsp3) is 0.100. The number of benzene rings is 2. The summed E-state index contributed by atoms with van der Waals surface area (Å²) in [7, 11) is 0. The molecule has 0 spiro atoms. The van der Waals surface area contributed by atoms with Crippen molar-refractivity contribution in [3.05, 3.63) is 83.4 Å². The number of hydrogen-bond donors (Lipinski definition) is 0. The predicted molar refractivity (Wildman–Crippen MR) is 89.7 cm³/mol. The average molecular weight is 338 g/mol. The van der Waals surface area contributed by atoms with Gasteiger partial charge in [-0.05, 0) is 36.8 Å². The fourth-order valence-electron chi connectivity index (χ4n) is 2.27. The summed E-state index contributed by atoms with van der Waals surface area (Å²) in [6.45, 7) is 1.53. The Balaban J connectivity index is 1.66. The number of carbonyl (C=O) groups is 2. The van der Waals surface area contributed by atoms with Gasteiger partial charge in [0.25, 0.3) is 0 Å². The highest BCUT2D eigenvalue weighted by atomic mass is 19.1. The van der Waals surface area contributed by atoms with Crippen LogP contribution < -0.4 is 0 Å². The molecule has 1 aromatic heterocycles. The van der Waals surface area contributed by atoms with E-state index in [1.807, 2.05) is 0 Å². The number of hydrogen-bond acceptors (Lipinski definition) is 4. The van der Waals surface area contributed by atoms with Crippen LogP contribution in [0.4, 0.5) is 4.39 Å². The van der Waals surface area contributed by atoms with E-state index in [1.165, 1.54) is 25.1 Å². The SMILES string of the molecule is CC(=O)c1ccc(-c2ccc(C(=O)OCc3ccc(F)cc3)o2)cc1. The number of halogens is 1. The second-order valence-electron chi connectivity index (χ2n) is 5.50. The van der Waals surface area contributed by atoms with Gasteiger partial charge in [-0.2, -0.15) is 0 Å². The highest BCUT2D eigenvalue weighted by Gasteiger charge is 2.14. The maximum absolute atomic E-state index is 12.8. The lowest BCUT2D eigenvalue weighted by Gasteiger charge is -2.03. The predicted octanol–water partition coefficient (Wildman–Crippen LogP) is 4.65. The third-order valence-corrected chi connectivity index (χ3v) is 3.67. The van der Waals surface area contributed by atoms with E-state index in [0.29, 0.717) is 16.9 Å². The number of ketones is 1. The molecule has 0 N–H and O–H groups in total. The number of Topliss-reactive ketones (excluding diaryl/α,β-unsaturated/α-hetero) is 1. The Bertz CT molecular complexity index is 892. The third kappa shape index (κ3) is 4.01. The van der Waals surface area contributed by atoms with Crippen molar-refractivity contribution in [1.82, 2.24) is 0 Å². The van der Waals surface area contributed by atoms with Gasteiger partial charge in [-0.1, -0.05) is 36.4 Å². The number of esters is 1. The molecular weight excluding hydrogens is 323 g/mol. The lowest BCUT2D eigenvalue weighted by atomic mass is 10.1. The first-order valence-electron chi connectivity index (χ1n) is 7.66. The van der Waals surface area contributed by atoms with Gasteiger partial charge in [0.15, 0.2) is 5.78 Å². The van der Waals surface area contributed by atoms with Gasteiger partial charge in [0.05, 0.1) is 0 Å². The molecule has 0 aliphatic carbocycles. The Morgan fingerprint density at radius 3 is 2.28 bits per heavy atom. The van der Waals surface area contributed by atoms with Crippen molar-refractivity contribution < 1.29 is 23.1 Å². The van der Waals surface area contributed by atoms with E-state index in [0.717, 1.165) is 5.56 Å². The first kappa shape index (κ1) is 16.6. The second-order valence-corrected chi connectivity index (χ2v) is 5.50. The zero-order valence-electron chi connectivity index (χ0n) is 13.5. The van der Waals surface area contributed by atoms with E-state index < -0.39 is 5.97 Å². The van der Waals surface area contributed by atoms with Crippen molar-refractivity contribution in [3.8, 4) is 11.3 Å². The molecule has 0 atom stereocenters. The van der Waals surface area contributed by atoms with Crippen molar-refractivity contribution in [2.75, 3.05) is 0 Å². The summed E-state index contributed by atoms with van der Waals surface area (Å²) >= 11 is 0. The van der Waals surface area contributed by atoms with E-state index in [1.54, 1.807) is 42.5 Å². The molecule has 0 saturated heterocycles. The van der Waals surface area contributed by atoms with Crippen LogP contribution in [-0.4, -0.2) is 11.8 Å². The molecule has 3 aromatic rings. The first-order chi connectivity index (χ1) is 12.0. The van der Waals surface area contributed by atoms with Gasteiger partial charge < -0.3 is 9.15 Å². The van der Waals surface area contributed by atoms with Crippen molar-refractivity contribution in [3.63, 3.8) is 0 Å². The largest absolute Gasteiger partial charge is 0.455 e. The summed E-state index contributed by atoms with van der Waals surface area (Å²) in [5.74, 6) is -0.384. The lowest BCUT2D eigenvalue weighted by molar-refractivity contribution is 0.0437. The quantitative estimate of drug-likeness (QED) is 0.502. The monoisotopic (exact) mass is 338 g/mol. The fourth-order valence-corrected chi connectivity index (χ4v) is 2.27. The van der Waals surface area contributed by atoms with E-state index in [9.17, 15) is 14.0 Å². The molecule has 0 saturated carbocycles. The molecule has 0 unspecified atom stereocenters. The minimum atomic E-state index is -0.601. The van der Waals surface area contributed by atoms with Crippen LogP contribution in [-0.2, 0) is 11.3 Å². The molecule has 5 heteroatoms. The van der Waals surface area contributed by atoms with Crippen LogP contribution in [0.2, 0.25) is 0 Å². The maximum atomic E-state index is 12.8. The maximum Gasteiger partial charge on any atom is 0.374 e. The van der Waals surface area contributed by atoms with Crippen molar-refractivity contribution in [2.45, 2.75) is 13.5 Å². The van der Waals surface area contributed by atoms with Gasteiger partial charge in [-0.25, -0.2) is 9.18 Å².